The van der Waals surface area contributed by atoms with Gasteiger partial charge in [-0.3, -0.25) is 4.55 Å². The van der Waals surface area contributed by atoms with Crippen LogP contribution in [0.25, 0.3) is 0 Å². The Balaban J connectivity index is 1.55. The molecule has 0 aromatic carbocycles. The summed E-state index contributed by atoms with van der Waals surface area (Å²) in [6.07, 6.45) is 6.56. The number of allylic oxidation sites excluding steroid dienone is 1. The fourth-order valence-corrected chi connectivity index (χ4v) is 9.61. The van der Waals surface area contributed by atoms with Crippen LogP contribution < -0.4 is 0 Å². The van der Waals surface area contributed by atoms with Gasteiger partial charge in [0, 0.05) is 17.8 Å². The summed E-state index contributed by atoms with van der Waals surface area (Å²) in [5.74, 6) is 0.626. The summed E-state index contributed by atoms with van der Waals surface area (Å²) >= 11 is 0. The van der Waals surface area contributed by atoms with Gasteiger partial charge in [-0.15, -0.1) is 0 Å². The molecule has 12 atom stereocenters. The average molecular weight is 545 g/mol. The fourth-order valence-electron chi connectivity index (χ4n) is 9.28. The van der Waals surface area contributed by atoms with Crippen molar-refractivity contribution in [2.75, 3.05) is 6.61 Å². The summed E-state index contributed by atoms with van der Waals surface area (Å²) in [6.45, 7) is 10.3. The highest BCUT2D eigenvalue weighted by Gasteiger charge is 2.68. The van der Waals surface area contributed by atoms with E-state index >= 15 is 0 Å². The molecule has 4 aliphatic carbocycles. The summed E-state index contributed by atoms with van der Waals surface area (Å²) < 4.78 is 35.7. The molecule has 0 aromatic heterocycles. The zero-order valence-electron chi connectivity index (χ0n) is 23.0. The summed E-state index contributed by atoms with van der Waals surface area (Å²) in [6, 6.07) is 0. The van der Waals surface area contributed by atoms with Crippen LogP contribution in [0.15, 0.2) is 12.2 Å². The second kappa shape index (κ2) is 10.1. The van der Waals surface area contributed by atoms with E-state index in [4.69, 9.17) is 4.55 Å². The van der Waals surface area contributed by atoms with E-state index in [0.717, 1.165) is 12.8 Å². The van der Waals surface area contributed by atoms with Crippen LogP contribution in [0, 0.1) is 52.3 Å². The van der Waals surface area contributed by atoms with Gasteiger partial charge in [0.1, 0.15) is 0 Å². The van der Waals surface area contributed by atoms with Crippen molar-refractivity contribution in [2.24, 2.45) is 52.3 Å². The van der Waals surface area contributed by atoms with Crippen LogP contribution in [0.3, 0.4) is 0 Å². The smallest absolute Gasteiger partial charge is 0.393 e. The largest absolute Gasteiger partial charge is 0.397 e. The van der Waals surface area contributed by atoms with E-state index in [0.29, 0.717) is 25.7 Å². The molecule has 3 unspecified atom stereocenters. The molecule has 9 heteroatoms. The number of fused-ring (bicyclic) bond motifs is 5. The van der Waals surface area contributed by atoms with Gasteiger partial charge in [0.05, 0.1) is 30.5 Å². The Hall–Kier alpha value is -0.550. The van der Waals surface area contributed by atoms with E-state index in [1.165, 1.54) is 0 Å². The zero-order chi connectivity index (χ0) is 27.6. The first-order valence-electron chi connectivity index (χ1n) is 14.1. The minimum absolute atomic E-state index is 0.0266. The monoisotopic (exact) mass is 544 g/mol. The molecule has 0 radical (unpaired) electrons. The Morgan fingerprint density at radius 2 is 1.70 bits per heavy atom. The highest BCUT2D eigenvalue weighted by atomic mass is 32.3. The molecule has 0 bridgehead atoms. The van der Waals surface area contributed by atoms with E-state index in [-0.39, 0.29) is 59.9 Å². The van der Waals surface area contributed by atoms with Crippen LogP contribution in [0.5, 0.6) is 0 Å². The van der Waals surface area contributed by atoms with Crippen molar-refractivity contribution in [1.82, 2.24) is 0 Å². The van der Waals surface area contributed by atoms with Crippen LogP contribution >= 0.6 is 0 Å². The molecule has 4 aliphatic rings. The first kappa shape index (κ1) is 29.4. The Morgan fingerprint density at radius 1 is 1.03 bits per heavy atom. The molecule has 4 rings (SSSR count). The summed E-state index contributed by atoms with van der Waals surface area (Å²) in [4.78, 5) is 0. The Morgan fingerprint density at radius 3 is 2.32 bits per heavy atom. The third-order valence-electron chi connectivity index (χ3n) is 11.5. The maximum Gasteiger partial charge on any atom is 0.397 e. The summed E-state index contributed by atoms with van der Waals surface area (Å²) in [5, 5.41) is 44.6. The second-order valence-electron chi connectivity index (χ2n) is 13.6. The molecule has 37 heavy (non-hydrogen) atoms. The van der Waals surface area contributed by atoms with Crippen LogP contribution in [0.4, 0.5) is 0 Å². The third kappa shape index (κ3) is 5.07. The molecule has 0 spiro atoms. The van der Waals surface area contributed by atoms with Gasteiger partial charge in [0.15, 0.2) is 0 Å². The van der Waals surface area contributed by atoms with Crippen LogP contribution in [-0.2, 0) is 14.6 Å². The maximum absolute atomic E-state index is 11.7. The van der Waals surface area contributed by atoms with Gasteiger partial charge in [-0.1, -0.05) is 46.8 Å². The van der Waals surface area contributed by atoms with Crippen molar-refractivity contribution in [3.63, 3.8) is 0 Å². The van der Waals surface area contributed by atoms with Crippen LogP contribution in [-0.4, -0.2) is 63.9 Å². The minimum atomic E-state index is -4.50. The number of aliphatic hydroxyl groups is 4. The number of hydrogen-bond acceptors (Lipinski definition) is 7. The Kier molecular flexibility index (Phi) is 8.06. The third-order valence-corrected chi connectivity index (χ3v) is 11.9. The molecular formula is C28H48O8S. The molecule has 4 fully saturated rings. The summed E-state index contributed by atoms with van der Waals surface area (Å²) in [7, 11) is -4.50. The fraction of sp³-hybridized carbons (Fsp3) is 0.929. The molecule has 5 N–H and O–H groups in total. The van der Waals surface area contributed by atoms with Gasteiger partial charge < -0.3 is 20.4 Å². The highest BCUT2D eigenvalue weighted by molar-refractivity contribution is 7.80. The van der Waals surface area contributed by atoms with Gasteiger partial charge in [-0.25, -0.2) is 4.18 Å². The van der Waals surface area contributed by atoms with Gasteiger partial charge in [0.2, 0.25) is 0 Å². The molecule has 8 nitrogen and oxygen atoms in total. The van der Waals surface area contributed by atoms with Crippen molar-refractivity contribution >= 4 is 10.4 Å². The van der Waals surface area contributed by atoms with Crippen molar-refractivity contribution < 1.29 is 37.6 Å². The molecule has 0 saturated heterocycles. The zero-order valence-corrected chi connectivity index (χ0v) is 23.8. The van der Waals surface area contributed by atoms with E-state index in [9.17, 15) is 28.8 Å². The molecular weight excluding hydrogens is 496 g/mol. The molecule has 214 valence electrons. The molecule has 0 aliphatic heterocycles. The maximum atomic E-state index is 11.7. The standard InChI is InChI=1S/C28H48O8S/c1-16(2)18(15-36-37(33,34)35)7-6-17(3)22-13-23(30)25-20-12-24(31)28(32)14-19(29)8-11-27(28,5)21(20)9-10-26(22,25)4/h6-7,16-25,29-32H,8-15H2,1-5H3,(H,33,34,35)/b7-6+/t17?,18?,19?,20-,21+,22-,23+,24-,25-,26-,27-,28+/m1/s1. The number of rotatable bonds is 7. The lowest BCUT2D eigenvalue weighted by molar-refractivity contribution is -0.268. The molecule has 0 heterocycles. The Labute approximate surface area is 222 Å². The lowest BCUT2D eigenvalue weighted by atomic mass is 9.42. The summed E-state index contributed by atoms with van der Waals surface area (Å²) in [5.41, 5.74) is -1.91. The van der Waals surface area contributed by atoms with Crippen LogP contribution in [0.2, 0.25) is 0 Å². The first-order valence-corrected chi connectivity index (χ1v) is 15.5. The number of hydrogen-bond donors (Lipinski definition) is 5. The van der Waals surface area contributed by atoms with Gasteiger partial charge >= 0.3 is 10.4 Å². The van der Waals surface area contributed by atoms with E-state index in [1.807, 2.05) is 19.9 Å². The van der Waals surface area contributed by atoms with E-state index in [2.05, 4.69) is 31.0 Å². The minimum Gasteiger partial charge on any atom is -0.393 e. The molecule has 0 aromatic rings. The number of aliphatic hydroxyl groups excluding tert-OH is 3. The molecule has 4 saturated carbocycles. The average Bonchev–Trinajstić information content (AvgIpc) is 3.05. The lowest BCUT2D eigenvalue weighted by Crippen LogP contribution is -2.69. The van der Waals surface area contributed by atoms with Gasteiger partial charge in [-0.05, 0) is 79.4 Å². The van der Waals surface area contributed by atoms with Crippen molar-refractivity contribution in [3.8, 4) is 0 Å². The lowest BCUT2D eigenvalue weighted by Gasteiger charge is -2.65. The van der Waals surface area contributed by atoms with Crippen molar-refractivity contribution in [3.05, 3.63) is 12.2 Å². The van der Waals surface area contributed by atoms with Gasteiger partial charge in [0.25, 0.3) is 0 Å². The quantitative estimate of drug-likeness (QED) is 0.242. The predicted octanol–water partition coefficient (Wildman–Crippen LogP) is 3.35. The van der Waals surface area contributed by atoms with E-state index in [1.54, 1.807) is 0 Å². The Bertz CT molecular complexity index is 967. The SMILES string of the molecule is CC(C)C(/C=C/C(C)[C@H]1C[C@H](O)[C@H]2[C@@H]3C[C@@H](O)[C@@]4(O)CC(O)CC[C@]4(C)[C@H]3CC[C@@]21C)COS(=O)(=O)O. The topological polar surface area (TPSA) is 145 Å². The first-order chi connectivity index (χ1) is 17.0. The predicted molar refractivity (Wildman–Crippen MR) is 140 cm³/mol. The molecule has 0 amide bonds. The normalized spacial score (nSPS) is 47.9. The van der Waals surface area contributed by atoms with Gasteiger partial charge in [-0.2, -0.15) is 8.42 Å². The van der Waals surface area contributed by atoms with E-state index < -0.39 is 39.7 Å². The highest BCUT2D eigenvalue weighted by Crippen LogP contribution is 2.69. The van der Waals surface area contributed by atoms with Crippen LogP contribution in [0.1, 0.15) is 79.6 Å². The van der Waals surface area contributed by atoms with Crippen molar-refractivity contribution in [2.45, 2.75) is 103 Å². The van der Waals surface area contributed by atoms with Crippen molar-refractivity contribution in [1.29, 1.82) is 0 Å². The second-order valence-corrected chi connectivity index (χ2v) is 14.7.